The molecule has 0 saturated heterocycles. The minimum atomic E-state index is -4.42. The molecule has 0 saturated carbocycles. The number of nitrogens with zero attached hydrogens (tertiary/aromatic N) is 3. The topological polar surface area (TPSA) is 130 Å². The Bertz CT molecular complexity index is 1750. The summed E-state index contributed by atoms with van der Waals surface area (Å²) in [5, 5.41) is 14.5. The number of nitro groups is 1. The van der Waals surface area contributed by atoms with Crippen LogP contribution in [0.4, 0.5) is 15.8 Å². The lowest BCUT2D eigenvalue weighted by atomic mass is 10.0. The Balaban J connectivity index is 1.82. The van der Waals surface area contributed by atoms with Crippen LogP contribution in [0.25, 0.3) is 0 Å². The van der Waals surface area contributed by atoms with Gasteiger partial charge in [0.2, 0.25) is 11.8 Å². The number of halogens is 1. The third-order valence-corrected chi connectivity index (χ3v) is 8.95. The second-order valence-corrected chi connectivity index (χ2v) is 13.0. The van der Waals surface area contributed by atoms with E-state index in [-0.39, 0.29) is 35.2 Å². The number of amides is 2. The van der Waals surface area contributed by atoms with Gasteiger partial charge in [-0.15, -0.1) is 0 Å². The van der Waals surface area contributed by atoms with Crippen molar-refractivity contribution >= 4 is 33.2 Å². The summed E-state index contributed by atoms with van der Waals surface area (Å²) in [4.78, 5) is 40.2. The molecule has 0 spiro atoms. The quantitative estimate of drug-likeness (QED) is 0.145. The fourth-order valence-corrected chi connectivity index (χ4v) is 6.20. The molecule has 0 bridgehead atoms. The molecule has 1 atom stereocenters. The maximum atomic E-state index is 14.4. The molecule has 12 heteroatoms. The second kappa shape index (κ2) is 15.3. The highest BCUT2D eigenvalue weighted by molar-refractivity contribution is 7.92. The molecule has 0 fully saturated rings. The van der Waals surface area contributed by atoms with Crippen molar-refractivity contribution in [3.8, 4) is 0 Å². The van der Waals surface area contributed by atoms with Gasteiger partial charge in [-0.3, -0.25) is 24.0 Å². The molecule has 0 aromatic heterocycles. The summed E-state index contributed by atoms with van der Waals surface area (Å²) in [6.07, 6.45) is 0.111. The van der Waals surface area contributed by atoms with E-state index in [2.05, 4.69) is 5.32 Å². The Kier molecular flexibility index (Phi) is 11.2. The van der Waals surface area contributed by atoms with Crippen LogP contribution in [0.15, 0.2) is 114 Å². The molecular formula is C34H35FN4O6S. The molecule has 0 aliphatic heterocycles. The number of hydrogen-bond acceptors (Lipinski definition) is 6. The van der Waals surface area contributed by atoms with Crippen molar-refractivity contribution in [1.29, 1.82) is 0 Å². The van der Waals surface area contributed by atoms with Gasteiger partial charge in [0.25, 0.3) is 15.7 Å². The first-order valence-electron chi connectivity index (χ1n) is 14.6. The third kappa shape index (κ3) is 8.75. The van der Waals surface area contributed by atoms with Crippen molar-refractivity contribution in [1.82, 2.24) is 10.2 Å². The van der Waals surface area contributed by atoms with Gasteiger partial charge in [0.1, 0.15) is 18.4 Å². The average Bonchev–Trinajstić information content (AvgIpc) is 3.05. The fraction of sp³-hybridized carbons (Fsp3) is 0.235. The Morgan fingerprint density at radius 3 is 2.11 bits per heavy atom. The number of non-ortho nitro benzene ring substituents is 1. The summed E-state index contributed by atoms with van der Waals surface area (Å²) in [7, 11) is -4.42. The number of anilines is 1. The summed E-state index contributed by atoms with van der Waals surface area (Å²) in [6, 6.07) is 25.8. The van der Waals surface area contributed by atoms with Crippen molar-refractivity contribution in [3.05, 3.63) is 136 Å². The van der Waals surface area contributed by atoms with Crippen LogP contribution in [0.2, 0.25) is 0 Å². The predicted octanol–water partition coefficient (Wildman–Crippen LogP) is 5.34. The van der Waals surface area contributed by atoms with Crippen molar-refractivity contribution in [3.63, 3.8) is 0 Å². The van der Waals surface area contributed by atoms with Crippen LogP contribution in [0.5, 0.6) is 0 Å². The molecule has 4 rings (SSSR count). The molecule has 4 aromatic carbocycles. The number of nitro benzene ring substituents is 1. The highest BCUT2D eigenvalue weighted by Gasteiger charge is 2.35. The van der Waals surface area contributed by atoms with Gasteiger partial charge in [-0.1, -0.05) is 80.6 Å². The van der Waals surface area contributed by atoms with E-state index in [9.17, 15) is 32.5 Å². The number of rotatable bonds is 14. The van der Waals surface area contributed by atoms with Crippen LogP contribution in [0, 0.1) is 21.8 Å². The first-order chi connectivity index (χ1) is 22.0. The lowest BCUT2D eigenvalue weighted by Crippen LogP contribution is -2.53. The van der Waals surface area contributed by atoms with Crippen LogP contribution in [-0.4, -0.2) is 49.2 Å². The van der Waals surface area contributed by atoms with Crippen LogP contribution < -0.4 is 9.62 Å². The minimum Gasteiger partial charge on any atom is -0.354 e. The molecule has 10 nitrogen and oxygen atoms in total. The van der Waals surface area contributed by atoms with E-state index in [1.165, 1.54) is 71.6 Å². The maximum absolute atomic E-state index is 14.4. The zero-order valence-electron chi connectivity index (χ0n) is 25.5. The van der Waals surface area contributed by atoms with Crippen LogP contribution >= 0.6 is 0 Å². The number of nitrogens with one attached hydrogen (secondary N) is 1. The molecule has 4 aromatic rings. The van der Waals surface area contributed by atoms with E-state index in [1.807, 2.05) is 32.0 Å². The van der Waals surface area contributed by atoms with E-state index in [0.29, 0.717) is 12.1 Å². The minimum absolute atomic E-state index is 0.1000. The van der Waals surface area contributed by atoms with E-state index < -0.39 is 45.2 Å². The molecule has 0 aliphatic rings. The van der Waals surface area contributed by atoms with Crippen molar-refractivity contribution in [2.45, 2.75) is 37.8 Å². The van der Waals surface area contributed by atoms with Gasteiger partial charge >= 0.3 is 0 Å². The Morgan fingerprint density at radius 2 is 1.50 bits per heavy atom. The van der Waals surface area contributed by atoms with Gasteiger partial charge in [0, 0.05) is 31.6 Å². The average molecular weight is 647 g/mol. The number of carbonyl (C=O) groups excluding carboxylic acids is 2. The SMILES string of the molecule is CC(C)CNC(=O)C(Cc1ccccc1)N(Cc1ccc(F)cc1)C(=O)CN(c1cccc([N+](=O)[O-])c1)S(=O)(=O)c1ccccc1. The Morgan fingerprint density at radius 1 is 0.870 bits per heavy atom. The van der Waals surface area contributed by atoms with E-state index in [4.69, 9.17) is 0 Å². The van der Waals surface area contributed by atoms with Crippen molar-refractivity contribution < 1.29 is 27.3 Å². The Labute approximate surface area is 267 Å². The van der Waals surface area contributed by atoms with Gasteiger partial charge < -0.3 is 10.2 Å². The number of benzene rings is 4. The lowest BCUT2D eigenvalue weighted by molar-refractivity contribution is -0.384. The zero-order chi connectivity index (χ0) is 33.3. The standard InChI is InChI=1S/C34H35FN4O6S/c1-25(2)22-36-34(41)32(20-26-10-5-3-6-11-26)37(23-27-16-18-28(35)19-17-27)33(40)24-38(29-12-9-13-30(21-29)39(42)43)46(44,45)31-14-7-4-8-15-31/h3-19,21,25,32H,20,22-24H2,1-2H3,(H,36,41). The highest BCUT2D eigenvalue weighted by atomic mass is 32.2. The first-order valence-corrected chi connectivity index (χ1v) is 16.1. The summed E-state index contributed by atoms with van der Waals surface area (Å²) >= 11 is 0. The molecular weight excluding hydrogens is 611 g/mol. The number of hydrogen-bond donors (Lipinski definition) is 1. The smallest absolute Gasteiger partial charge is 0.271 e. The normalized spacial score (nSPS) is 11.9. The van der Waals surface area contributed by atoms with E-state index in [0.717, 1.165) is 15.9 Å². The summed E-state index contributed by atoms with van der Waals surface area (Å²) in [5.41, 5.74) is 0.808. The number of carbonyl (C=O) groups is 2. The summed E-state index contributed by atoms with van der Waals surface area (Å²) < 4.78 is 42.6. The van der Waals surface area contributed by atoms with Crippen LogP contribution in [-0.2, 0) is 32.6 Å². The molecule has 1 N–H and O–H groups in total. The van der Waals surface area contributed by atoms with Gasteiger partial charge in [-0.2, -0.15) is 0 Å². The van der Waals surface area contributed by atoms with E-state index in [1.54, 1.807) is 18.2 Å². The molecule has 0 aliphatic carbocycles. The molecule has 1 unspecified atom stereocenters. The molecule has 240 valence electrons. The van der Waals surface area contributed by atoms with Gasteiger partial charge in [0.15, 0.2) is 0 Å². The van der Waals surface area contributed by atoms with E-state index >= 15 is 0 Å². The first kappa shape index (κ1) is 33.8. The molecule has 0 radical (unpaired) electrons. The zero-order valence-corrected chi connectivity index (χ0v) is 26.3. The third-order valence-electron chi connectivity index (χ3n) is 7.16. The van der Waals surface area contributed by atoms with Crippen molar-refractivity contribution in [2.75, 3.05) is 17.4 Å². The van der Waals surface area contributed by atoms with Crippen molar-refractivity contribution in [2.24, 2.45) is 5.92 Å². The summed E-state index contributed by atoms with van der Waals surface area (Å²) in [5.74, 6) is -1.55. The monoisotopic (exact) mass is 646 g/mol. The second-order valence-electron chi connectivity index (χ2n) is 11.1. The largest absolute Gasteiger partial charge is 0.354 e. The predicted molar refractivity (Wildman–Crippen MR) is 173 cm³/mol. The van der Waals surface area contributed by atoms with Gasteiger partial charge in [-0.25, -0.2) is 12.8 Å². The Hall–Kier alpha value is -5.10. The maximum Gasteiger partial charge on any atom is 0.271 e. The molecule has 46 heavy (non-hydrogen) atoms. The fourth-order valence-electron chi connectivity index (χ4n) is 4.77. The summed E-state index contributed by atoms with van der Waals surface area (Å²) in [6.45, 7) is 3.28. The van der Waals surface area contributed by atoms with Crippen LogP contribution in [0.3, 0.4) is 0 Å². The lowest BCUT2D eigenvalue weighted by Gasteiger charge is -2.34. The molecule has 0 heterocycles. The number of sulfonamides is 1. The highest BCUT2D eigenvalue weighted by Crippen LogP contribution is 2.28. The van der Waals surface area contributed by atoms with Crippen LogP contribution in [0.1, 0.15) is 25.0 Å². The molecule has 2 amide bonds. The van der Waals surface area contributed by atoms with Gasteiger partial charge in [-0.05, 0) is 47.4 Å². The van der Waals surface area contributed by atoms with Gasteiger partial charge in [0.05, 0.1) is 15.5 Å².